The number of aryl methyl sites for hydroxylation is 1. The molecule has 0 bridgehead atoms. The van der Waals surface area contributed by atoms with E-state index in [1.165, 1.54) is 11.3 Å². The van der Waals surface area contributed by atoms with Crippen LogP contribution in [0.4, 0.5) is 0 Å². The predicted octanol–water partition coefficient (Wildman–Crippen LogP) is 2.30. The molecule has 0 unspecified atom stereocenters. The van der Waals surface area contributed by atoms with Crippen molar-refractivity contribution in [3.05, 3.63) is 28.9 Å². The molecule has 0 amide bonds. The van der Waals surface area contributed by atoms with Crippen LogP contribution in [0.3, 0.4) is 0 Å². The number of fused-ring (bicyclic) bond motifs is 1. The largest absolute Gasteiger partial charge is 0.478 e. The van der Waals surface area contributed by atoms with Crippen LogP contribution in [-0.2, 0) is 0 Å². The van der Waals surface area contributed by atoms with Crippen molar-refractivity contribution >= 4 is 27.4 Å². The third kappa shape index (κ3) is 1.19. The van der Waals surface area contributed by atoms with Gasteiger partial charge in [-0.25, -0.2) is 4.79 Å². The van der Waals surface area contributed by atoms with Gasteiger partial charge in [0.1, 0.15) is 0 Å². The Morgan fingerprint density at radius 2 is 2.31 bits per heavy atom. The van der Waals surface area contributed by atoms with Crippen LogP contribution in [0, 0.1) is 6.92 Å². The lowest BCUT2D eigenvalue weighted by Crippen LogP contribution is -1.94. The minimum Gasteiger partial charge on any atom is -0.478 e. The molecule has 0 saturated heterocycles. The Labute approximate surface area is 78.7 Å². The second-order valence-corrected chi connectivity index (χ2v) is 3.70. The number of rotatable bonds is 1. The maximum atomic E-state index is 10.8. The van der Waals surface area contributed by atoms with Crippen molar-refractivity contribution in [2.24, 2.45) is 0 Å². The molecule has 66 valence electrons. The summed E-state index contributed by atoms with van der Waals surface area (Å²) in [5.41, 5.74) is 1.29. The van der Waals surface area contributed by atoms with Crippen molar-refractivity contribution in [3.63, 3.8) is 0 Å². The number of hydrogen-bond acceptors (Lipinski definition) is 3. The molecular formula is C9H7NO2S. The summed E-state index contributed by atoms with van der Waals surface area (Å²) in [5.74, 6) is -0.874. The first kappa shape index (κ1) is 8.19. The number of nitrogens with zero attached hydrogens (tertiary/aromatic N) is 1. The fourth-order valence-corrected chi connectivity index (χ4v) is 2.29. The van der Waals surface area contributed by atoms with Gasteiger partial charge in [-0.2, -0.15) is 0 Å². The molecule has 0 fully saturated rings. The normalized spacial score (nSPS) is 10.5. The highest BCUT2D eigenvalue weighted by atomic mass is 32.1. The van der Waals surface area contributed by atoms with Crippen LogP contribution >= 0.6 is 11.3 Å². The van der Waals surface area contributed by atoms with Crippen molar-refractivity contribution < 1.29 is 9.90 Å². The van der Waals surface area contributed by atoms with E-state index >= 15 is 0 Å². The molecule has 4 heteroatoms. The van der Waals surface area contributed by atoms with Crippen molar-refractivity contribution in [1.29, 1.82) is 0 Å². The van der Waals surface area contributed by atoms with E-state index in [-0.39, 0.29) is 0 Å². The Morgan fingerprint density at radius 3 is 3.00 bits per heavy atom. The molecule has 2 rings (SSSR count). The number of carboxylic acids is 1. The lowest BCUT2D eigenvalue weighted by atomic mass is 10.1. The number of pyridine rings is 1. The average Bonchev–Trinajstić information content (AvgIpc) is 2.49. The van der Waals surface area contributed by atoms with E-state index < -0.39 is 5.97 Å². The number of carbonyl (C=O) groups is 1. The smallest absolute Gasteiger partial charge is 0.337 e. The van der Waals surface area contributed by atoms with E-state index in [1.54, 1.807) is 17.8 Å². The third-order valence-electron chi connectivity index (χ3n) is 1.90. The van der Waals surface area contributed by atoms with Crippen LogP contribution in [0.5, 0.6) is 0 Å². The van der Waals surface area contributed by atoms with Crippen molar-refractivity contribution in [2.75, 3.05) is 0 Å². The van der Waals surface area contributed by atoms with Gasteiger partial charge in [0.25, 0.3) is 0 Å². The van der Waals surface area contributed by atoms with Gasteiger partial charge in [0.2, 0.25) is 0 Å². The van der Waals surface area contributed by atoms with Gasteiger partial charge in [-0.05, 0) is 12.5 Å². The minimum atomic E-state index is -0.874. The summed E-state index contributed by atoms with van der Waals surface area (Å²) in [4.78, 5) is 14.8. The first-order valence-corrected chi connectivity index (χ1v) is 4.63. The molecule has 3 nitrogen and oxygen atoms in total. The summed E-state index contributed by atoms with van der Waals surface area (Å²) >= 11 is 1.41. The van der Waals surface area contributed by atoms with Gasteiger partial charge in [-0.1, -0.05) is 0 Å². The Bertz CT molecular complexity index is 475. The van der Waals surface area contributed by atoms with Gasteiger partial charge in [-0.3, -0.25) is 4.98 Å². The van der Waals surface area contributed by atoms with E-state index in [4.69, 9.17) is 5.11 Å². The highest BCUT2D eigenvalue weighted by Crippen LogP contribution is 2.27. The molecule has 0 spiro atoms. The highest BCUT2D eigenvalue weighted by Gasteiger charge is 2.12. The average molecular weight is 193 g/mol. The van der Waals surface area contributed by atoms with Crippen molar-refractivity contribution in [3.8, 4) is 0 Å². The monoisotopic (exact) mass is 193 g/mol. The molecule has 0 saturated carbocycles. The van der Waals surface area contributed by atoms with Crippen LogP contribution in [0.1, 0.15) is 15.9 Å². The quantitative estimate of drug-likeness (QED) is 0.756. The Morgan fingerprint density at radius 1 is 1.54 bits per heavy atom. The SMILES string of the molecule is Cc1cncc2scc(C(=O)O)c12. The van der Waals surface area contributed by atoms with E-state index in [0.29, 0.717) is 5.56 Å². The van der Waals surface area contributed by atoms with Gasteiger partial charge in [0.15, 0.2) is 0 Å². The zero-order chi connectivity index (χ0) is 9.42. The molecule has 0 atom stereocenters. The maximum Gasteiger partial charge on any atom is 0.337 e. The van der Waals surface area contributed by atoms with E-state index in [1.807, 2.05) is 6.92 Å². The van der Waals surface area contributed by atoms with Gasteiger partial charge in [0, 0.05) is 23.2 Å². The first-order valence-electron chi connectivity index (χ1n) is 3.75. The zero-order valence-electron chi connectivity index (χ0n) is 6.94. The van der Waals surface area contributed by atoms with E-state index in [0.717, 1.165) is 15.6 Å². The summed E-state index contributed by atoms with van der Waals surface area (Å²) in [6.45, 7) is 1.87. The molecule has 0 aromatic carbocycles. The van der Waals surface area contributed by atoms with Crippen LogP contribution in [-0.4, -0.2) is 16.1 Å². The lowest BCUT2D eigenvalue weighted by Gasteiger charge is -1.95. The van der Waals surface area contributed by atoms with Crippen LogP contribution in [0.2, 0.25) is 0 Å². The molecule has 0 aliphatic carbocycles. The summed E-state index contributed by atoms with van der Waals surface area (Å²) < 4.78 is 0.928. The molecule has 13 heavy (non-hydrogen) atoms. The zero-order valence-corrected chi connectivity index (χ0v) is 7.76. The standard InChI is InChI=1S/C9H7NO2S/c1-5-2-10-3-7-8(5)6(4-13-7)9(11)12/h2-4H,1H3,(H,11,12). The molecule has 2 heterocycles. The predicted molar refractivity (Wildman–Crippen MR) is 51.3 cm³/mol. The fourth-order valence-electron chi connectivity index (χ4n) is 1.31. The molecule has 2 aromatic rings. The summed E-state index contributed by atoms with van der Waals surface area (Å²) in [5, 5.41) is 11.3. The molecule has 0 aliphatic rings. The molecule has 2 aromatic heterocycles. The topological polar surface area (TPSA) is 50.2 Å². The van der Waals surface area contributed by atoms with Gasteiger partial charge < -0.3 is 5.11 Å². The van der Waals surface area contributed by atoms with E-state index in [2.05, 4.69) is 4.98 Å². The fraction of sp³-hybridized carbons (Fsp3) is 0.111. The number of aromatic carboxylic acids is 1. The Kier molecular flexibility index (Phi) is 1.77. The number of thiophene rings is 1. The van der Waals surface area contributed by atoms with Crippen molar-refractivity contribution in [1.82, 2.24) is 4.98 Å². The summed E-state index contributed by atoms with van der Waals surface area (Å²) in [7, 11) is 0. The maximum absolute atomic E-state index is 10.8. The van der Waals surface area contributed by atoms with Gasteiger partial charge in [0.05, 0.1) is 10.3 Å². The lowest BCUT2D eigenvalue weighted by molar-refractivity contribution is 0.0699. The highest BCUT2D eigenvalue weighted by molar-refractivity contribution is 7.17. The Balaban J connectivity index is 2.86. The first-order chi connectivity index (χ1) is 6.20. The number of carboxylic acid groups (broad SMARTS) is 1. The third-order valence-corrected chi connectivity index (χ3v) is 2.82. The van der Waals surface area contributed by atoms with Crippen LogP contribution < -0.4 is 0 Å². The summed E-state index contributed by atoms with van der Waals surface area (Å²) in [6, 6.07) is 0. The van der Waals surface area contributed by atoms with Crippen LogP contribution in [0.15, 0.2) is 17.8 Å². The number of hydrogen-bond donors (Lipinski definition) is 1. The van der Waals surface area contributed by atoms with Crippen molar-refractivity contribution in [2.45, 2.75) is 6.92 Å². The Hall–Kier alpha value is -1.42. The second-order valence-electron chi connectivity index (χ2n) is 2.78. The minimum absolute atomic E-state index is 0.375. The molecule has 0 radical (unpaired) electrons. The van der Waals surface area contributed by atoms with Gasteiger partial charge in [-0.15, -0.1) is 11.3 Å². The van der Waals surface area contributed by atoms with Gasteiger partial charge >= 0.3 is 5.97 Å². The van der Waals surface area contributed by atoms with Crippen LogP contribution in [0.25, 0.3) is 10.1 Å². The molecule has 1 N–H and O–H groups in total. The molecule has 0 aliphatic heterocycles. The summed E-state index contributed by atoms with van der Waals surface area (Å²) in [6.07, 6.45) is 3.38. The van der Waals surface area contributed by atoms with E-state index in [9.17, 15) is 4.79 Å². The second kappa shape index (κ2) is 2.81. The molecular weight excluding hydrogens is 186 g/mol. The number of aromatic nitrogens is 1.